The van der Waals surface area contributed by atoms with Crippen molar-refractivity contribution in [1.82, 2.24) is 0 Å². The van der Waals surface area contributed by atoms with Gasteiger partial charge in [-0.05, 0) is 17.7 Å². The van der Waals surface area contributed by atoms with Gasteiger partial charge >= 0.3 is 0 Å². The van der Waals surface area contributed by atoms with Gasteiger partial charge in [-0.1, -0.05) is 24.8 Å². The molecule has 0 saturated carbocycles. The molecule has 0 aromatic heterocycles. The molecule has 0 heterocycles. The third kappa shape index (κ3) is 4.14. The Labute approximate surface area is 126 Å². The van der Waals surface area contributed by atoms with Crippen LogP contribution in [0.25, 0.3) is 6.08 Å². The second-order valence-electron chi connectivity index (χ2n) is 2.25. The number of rotatable bonds is 2. The maximum Gasteiger partial charge on any atom is 0.294 e. The van der Waals surface area contributed by atoms with Crippen LogP contribution in [-0.4, -0.2) is 71.2 Å². The van der Waals surface area contributed by atoms with Gasteiger partial charge in [-0.2, -0.15) is 8.42 Å². The minimum Gasteiger partial charge on any atom is -0.282 e. The van der Waals surface area contributed by atoms with Gasteiger partial charge in [-0.25, -0.2) is 0 Å². The Morgan fingerprint density at radius 2 is 1.69 bits per heavy atom. The summed E-state index contributed by atoms with van der Waals surface area (Å²) in [7, 11) is -4.06. The molecule has 0 fully saturated rings. The molecule has 1 aromatic rings. The molecule has 5 heteroatoms. The fourth-order valence-electron chi connectivity index (χ4n) is 0.776. The molecular formula is C8H8O3RbS. The van der Waals surface area contributed by atoms with Crippen LogP contribution in [-0.2, 0) is 10.1 Å². The fourth-order valence-corrected chi connectivity index (χ4v) is 1.26. The van der Waals surface area contributed by atoms with Crippen LogP contribution >= 0.6 is 0 Å². The Morgan fingerprint density at radius 1 is 1.23 bits per heavy atom. The van der Waals surface area contributed by atoms with Gasteiger partial charge in [0, 0.05) is 58.2 Å². The molecule has 65 valence electrons. The Kier molecular flexibility index (Phi) is 5.82. The third-order valence-corrected chi connectivity index (χ3v) is 2.28. The molecule has 0 saturated heterocycles. The van der Waals surface area contributed by atoms with Crippen molar-refractivity contribution in [1.29, 1.82) is 0 Å². The Bertz CT molecular complexity index is 380. The predicted molar refractivity (Wildman–Crippen MR) is 52.1 cm³/mol. The summed E-state index contributed by atoms with van der Waals surface area (Å²) in [5, 5.41) is 0. The molecule has 1 aromatic carbocycles. The van der Waals surface area contributed by atoms with Gasteiger partial charge in [-0.3, -0.25) is 4.55 Å². The summed E-state index contributed by atoms with van der Waals surface area (Å²) >= 11 is 0. The smallest absolute Gasteiger partial charge is 0.282 e. The minimum atomic E-state index is -4.06. The SMILES string of the molecule is C=Cc1ccc(S(=O)(=O)O)cc1.[Rb]. The quantitative estimate of drug-likeness (QED) is 0.821. The number of benzene rings is 1. The summed E-state index contributed by atoms with van der Waals surface area (Å²) < 4.78 is 29.7. The molecule has 0 aliphatic heterocycles. The van der Waals surface area contributed by atoms with Crippen LogP contribution in [0, 0.1) is 0 Å². The summed E-state index contributed by atoms with van der Waals surface area (Å²) in [6.45, 7) is 3.51. The van der Waals surface area contributed by atoms with Crippen LogP contribution in [0.5, 0.6) is 0 Å². The average molecular weight is 270 g/mol. The van der Waals surface area contributed by atoms with E-state index in [1.807, 2.05) is 0 Å². The molecule has 1 radical (unpaired) electrons. The standard InChI is InChI=1S/C8H8O3S.Rb/c1-2-7-3-5-8(6-4-7)12(9,10)11;/h2-6H,1H2,(H,9,10,11);. The zero-order valence-corrected chi connectivity index (χ0v) is 13.0. The van der Waals surface area contributed by atoms with E-state index in [1.54, 1.807) is 18.2 Å². The molecule has 0 amide bonds. The first-order valence-electron chi connectivity index (χ1n) is 3.24. The van der Waals surface area contributed by atoms with E-state index < -0.39 is 10.1 Å². The first-order chi connectivity index (χ1) is 5.54. The average Bonchev–Trinajstić information content (AvgIpc) is 2.03. The van der Waals surface area contributed by atoms with Crippen LogP contribution in [0.15, 0.2) is 35.7 Å². The van der Waals surface area contributed by atoms with Gasteiger partial charge in [0.25, 0.3) is 10.1 Å². The van der Waals surface area contributed by atoms with E-state index >= 15 is 0 Å². The summed E-state index contributed by atoms with van der Waals surface area (Å²) in [6.07, 6.45) is 1.59. The molecule has 3 nitrogen and oxygen atoms in total. The van der Waals surface area contributed by atoms with Crippen LogP contribution in [0.2, 0.25) is 0 Å². The van der Waals surface area contributed by atoms with Gasteiger partial charge in [0.15, 0.2) is 0 Å². The first kappa shape index (κ1) is 13.7. The normalized spacial score (nSPS) is 10.2. The number of hydrogen-bond donors (Lipinski definition) is 1. The van der Waals surface area contributed by atoms with E-state index in [4.69, 9.17) is 4.55 Å². The zero-order valence-electron chi connectivity index (χ0n) is 7.27. The largest absolute Gasteiger partial charge is 0.294 e. The molecule has 0 aliphatic rings. The van der Waals surface area contributed by atoms with Crippen molar-refractivity contribution in [3.05, 3.63) is 36.4 Å². The Hall–Kier alpha value is 0.675. The van der Waals surface area contributed by atoms with E-state index in [1.165, 1.54) is 12.1 Å². The summed E-state index contributed by atoms with van der Waals surface area (Å²) in [4.78, 5) is -0.104. The van der Waals surface area contributed by atoms with Gasteiger partial charge in [0.1, 0.15) is 0 Å². The van der Waals surface area contributed by atoms with Crippen molar-refractivity contribution in [2.24, 2.45) is 0 Å². The van der Waals surface area contributed by atoms with E-state index in [9.17, 15) is 8.42 Å². The molecule has 0 unspecified atom stereocenters. The molecule has 0 bridgehead atoms. The van der Waals surface area contributed by atoms with Crippen LogP contribution in [0.3, 0.4) is 0 Å². The Morgan fingerprint density at radius 3 is 2.00 bits per heavy atom. The van der Waals surface area contributed by atoms with Crippen LogP contribution in [0.1, 0.15) is 5.56 Å². The maximum absolute atomic E-state index is 10.6. The predicted octanol–water partition coefficient (Wildman–Crippen LogP) is 1.20. The Balaban J connectivity index is 0.00000144. The van der Waals surface area contributed by atoms with Gasteiger partial charge in [-0.15, -0.1) is 0 Å². The van der Waals surface area contributed by atoms with Gasteiger partial charge < -0.3 is 0 Å². The van der Waals surface area contributed by atoms with Crippen molar-refractivity contribution >= 4 is 74.4 Å². The first-order valence-corrected chi connectivity index (χ1v) is 4.68. The number of hydrogen-bond acceptors (Lipinski definition) is 2. The molecule has 0 aliphatic carbocycles. The molecule has 13 heavy (non-hydrogen) atoms. The summed E-state index contributed by atoms with van der Waals surface area (Å²) in [5.41, 5.74) is 0.808. The van der Waals surface area contributed by atoms with Crippen molar-refractivity contribution in [2.45, 2.75) is 4.90 Å². The maximum atomic E-state index is 10.6. The van der Waals surface area contributed by atoms with Crippen molar-refractivity contribution in [3.63, 3.8) is 0 Å². The molecule has 1 N–H and O–H groups in total. The summed E-state index contributed by atoms with van der Waals surface area (Å²) in [5.74, 6) is 0. The second-order valence-corrected chi connectivity index (χ2v) is 3.67. The third-order valence-electron chi connectivity index (χ3n) is 1.41. The zero-order chi connectivity index (χ0) is 9.19. The van der Waals surface area contributed by atoms with Gasteiger partial charge in [0.2, 0.25) is 0 Å². The van der Waals surface area contributed by atoms with E-state index in [0.29, 0.717) is 0 Å². The second kappa shape index (κ2) is 5.53. The minimum absolute atomic E-state index is 0. The van der Waals surface area contributed by atoms with E-state index in [0.717, 1.165) is 5.56 Å². The topological polar surface area (TPSA) is 54.4 Å². The van der Waals surface area contributed by atoms with E-state index in [2.05, 4.69) is 6.58 Å². The van der Waals surface area contributed by atoms with Gasteiger partial charge in [0.05, 0.1) is 4.90 Å². The molecule has 0 atom stereocenters. The summed E-state index contributed by atoms with van der Waals surface area (Å²) in [6, 6.07) is 5.78. The van der Waals surface area contributed by atoms with Crippen LogP contribution in [0.4, 0.5) is 0 Å². The van der Waals surface area contributed by atoms with Crippen LogP contribution < -0.4 is 0 Å². The monoisotopic (exact) mass is 269 g/mol. The van der Waals surface area contributed by atoms with Crippen molar-refractivity contribution in [3.8, 4) is 0 Å². The molecular weight excluding hydrogens is 262 g/mol. The molecule has 1 rings (SSSR count). The fraction of sp³-hybridized carbons (Fsp3) is 0. The molecule has 0 spiro atoms. The van der Waals surface area contributed by atoms with Crippen molar-refractivity contribution < 1.29 is 13.0 Å². The van der Waals surface area contributed by atoms with Crippen molar-refractivity contribution in [2.75, 3.05) is 0 Å². The van der Waals surface area contributed by atoms with E-state index in [-0.39, 0.29) is 63.1 Å².